The molecule has 1 atom stereocenters. The summed E-state index contributed by atoms with van der Waals surface area (Å²) in [5.41, 5.74) is 4.36. The van der Waals surface area contributed by atoms with Gasteiger partial charge in [0.25, 0.3) is 0 Å². The highest BCUT2D eigenvalue weighted by Crippen LogP contribution is 2.28. The number of aromatic nitrogens is 3. The molecule has 24 heavy (non-hydrogen) atoms. The number of nitrogens with zero attached hydrogens (tertiary/aromatic N) is 3. The molecule has 1 aliphatic heterocycles. The van der Waals surface area contributed by atoms with E-state index in [9.17, 15) is 0 Å². The molecule has 4 rings (SSSR count). The van der Waals surface area contributed by atoms with Gasteiger partial charge in [0.2, 0.25) is 0 Å². The lowest BCUT2D eigenvalue weighted by atomic mass is 10.2. The van der Waals surface area contributed by atoms with Crippen LogP contribution in [0.3, 0.4) is 0 Å². The zero-order chi connectivity index (χ0) is 16.5. The van der Waals surface area contributed by atoms with E-state index in [1.807, 2.05) is 25.4 Å². The Morgan fingerprint density at radius 2 is 2.08 bits per heavy atom. The predicted octanol–water partition coefficient (Wildman–Crippen LogP) is 3.97. The van der Waals surface area contributed by atoms with Gasteiger partial charge in [-0.25, -0.2) is 4.98 Å². The number of rotatable bonds is 4. The van der Waals surface area contributed by atoms with Gasteiger partial charge in [-0.05, 0) is 50.5 Å². The van der Waals surface area contributed by atoms with Crippen molar-refractivity contribution >= 4 is 22.4 Å². The van der Waals surface area contributed by atoms with Crippen LogP contribution in [-0.4, -0.2) is 27.2 Å². The van der Waals surface area contributed by atoms with Crippen LogP contribution in [0.1, 0.15) is 24.1 Å². The summed E-state index contributed by atoms with van der Waals surface area (Å²) in [4.78, 5) is 8.92. The summed E-state index contributed by atoms with van der Waals surface area (Å²) in [6.45, 7) is 5.88. The number of aryl methyl sites for hydroxylation is 2. The summed E-state index contributed by atoms with van der Waals surface area (Å²) in [5.74, 6) is 0.873. The first-order chi connectivity index (χ1) is 11.7. The molecule has 1 fully saturated rings. The molecular weight excluding hydrogens is 300 g/mol. The van der Waals surface area contributed by atoms with E-state index >= 15 is 0 Å². The fourth-order valence-electron chi connectivity index (χ4n) is 3.39. The van der Waals surface area contributed by atoms with Crippen molar-refractivity contribution in [2.45, 2.75) is 39.3 Å². The SMILES string of the molecule is Cc1ccnc(C)c1Nc1nccc2c1ccn2CC1CCCO1. The van der Waals surface area contributed by atoms with Gasteiger partial charge in [0.15, 0.2) is 0 Å². The topological polar surface area (TPSA) is 52.0 Å². The smallest absolute Gasteiger partial charge is 0.139 e. The van der Waals surface area contributed by atoms with Crippen molar-refractivity contribution in [3.8, 4) is 0 Å². The number of ether oxygens (including phenoxy) is 1. The average molecular weight is 322 g/mol. The lowest BCUT2D eigenvalue weighted by molar-refractivity contribution is 0.0980. The molecule has 124 valence electrons. The molecule has 3 aromatic heterocycles. The van der Waals surface area contributed by atoms with Crippen LogP contribution < -0.4 is 5.32 Å². The van der Waals surface area contributed by atoms with E-state index in [1.165, 1.54) is 11.1 Å². The largest absolute Gasteiger partial charge is 0.376 e. The Balaban J connectivity index is 1.68. The standard InChI is InChI=1S/C19H22N4O/c1-13-5-8-20-14(2)18(13)22-19-16-7-10-23(17(16)6-9-21-19)12-15-4-3-11-24-15/h5-10,15H,3-4,11-12H2,1-2H3,(H,21,22). The number of nitrogens with one attached hydrogen (secondary N) is 1. The van der Waals surface area contributed by atoms with Crippen molar-refractivity contribution < 1.29 is 4.74 Å². The first kappa shape index (κ1) is 15.1. The van der Waals surface area contributed by atoms with E-state index < -0.39 is 0 Å². The van der Waals surface area contributed by atoms with Crippen LogP contribution in [0.15, 0.2) is 36.8 Å². The van der Waals surface area contributed by atoms with Crippen molar-refractivity contribution in [2.24, 2.45) is 0 Å². The number of fused-ring (bicyclic) bond motifs is 1. The maximum Gasteiger partial charge on any atom is 0.139 e. The number of hydrogen-bond donors (Lipinski definition) is 1. The molecule has 0 aromatic carbocycles. The van der Waals surface area contributed by atoms with Crippen molar-refractivity contribution in [1.82, 2.24) is 14.5 Å². The minimum atomic E-state index is 0.327. The molecular formula is C19H22N4O. The van der Waals surface area contributed by atoms with Gasteiger partial charge in [-0.15, -0.1) is 0 Å². The second kappa shape index (κ2) is 6.24. The van der Waals surface area contributed by atoms with E-state index in [0.717, 1.165) is 48.6 Å². The summed E-state index contributed by atoms with van der Waals surface area (Å²) in [6.07, 6.45) is 8.46. The predicted molar refractivity (Wildman–Crippen MR) is 95.7 cm³/mol. The molecule has 0 aliphatic carbocycles. The van der Waals surface area contributed by atoms with Crippen molar-refractivity contribution in [1.29, 1.82) is 0 Å². The normalized spacial score (nSPS) is 17.5. The quantitative estimate of drug-likeness (QED) is 0.789. The maximum absolute atomic E-state index is 5.77. The van der Waals surface area contributed by atoms with Crippen molar-refractivity contribution in [3.05, 3.63) is 48.0 Å². The minimum absolute atomic E-state index is 0.327. The number of hydrogen-bond acceptors (Lipinski definition) is 4. The average Bonchev–Trinajstić information content (AvgIpc) is 3.22. The minimum Gasteiger partial charge on any atom is -0.376 e. The molecule has 5 nitrogen and oxygen atoms in total. The highest BCUT2D eigenvalue weighted by atomic mass is 16.5. The number of pyridine rings is 2. The Morgan fingerprint density at radius 3 is 2.88 bits per heavy atom. The van der Waals surface area contributed by atoms with Gasteiger partial charge in [-0.1, -0.05) is 0 Å². The zero-order valence-electron chi connectivity index (χ0n) is 14.1. The third-order valence-electron chi connectivity index (χ3n) is 4.71. The Morgan fingerprint density at radius 1 is 1.21 bits per heavy atom. The van der Waals surface area contributed by atoms with Gasteiger partial charge in [0.1, 0.15) is 5.82 Å². The molecule has 0 spiro atoms. The molecule has 0 amide bonds. The van der Waals surface area contributed by atoms with E-state index in [0.29, 0.717) is 6.10 Å². The Bertz CT molecular complexity index is 845. The highest BCUT2D eigenvalue weighted by molar-refractivity contribution is 5.92. The summed E-state index contributed by atoms with van der Waals surface area (Å²) in [5, 5.41) is 4.60. The van der Waals surface area contributed by atoms with Gasteiger partial charge in [0, 0.05) is 37.1 Å². The van der Waals surface area contributed by atoms with Gasteiger partial charge < -0.3 is 14.6 Å². The van der Waals surface area contributed by atoms with Crippen LogP contribution in [0.25, 0.3) is 10.9 Å². The fraction of sp³-hybridized carbons (Fsp3) is 0.368. The van der Waals surface area contributed by atoms with Crippen molar-refractivity contribution in [2.75, 3.05) is 11.9 Å². The second-order valence-electron chi connectivity index (χ2n) is 6.41. The molecule has 1 unspecified atom stereocenters. The molecule has 4 heterocycles. The second-order valence-corrected chi connectivity index (χ2v) is 6.41. The van der Waals surface area contributed by atoms with Crippen LogP contribution in [0, 0.1) is 13.8 Å². The Labute approximate surface area is 141 Å². The molecule has 1 aliphatic rings. The maximum atomic E-state index is 5.77. The molecule has 1 saturated heterocycles. The van der Waals surface area contributed by atoms with Gasteiger partial charge in [-0.3, -0.25) is 4.98 Å². The first-order valence-electron chi connectivity index (χ1n) is 8.47. The van der Waals surface area contributed by atoms with Crippen LogP contribution in [-0.2, 0) is 11.3 Å². The highest BCUT2D eigenvalue weighted by Gasteiger charge is 2.17. The molecule has 3 aromatic rings. The van der Waals surface area contributed by atoms with E-state index in [4.69, 9.17) is 4.74 Å². The number of anilines is 2. The third-order valence-corrected chi connectivity index (χ3v) is 4.71. The molecule has 0 saturated carbocycles. The van der Waals surface area contributed by atoms with E-state index in [-0.39, 0.29) is 0 Å². The molecule has 0 bridgehead atoms. The molecule has 1 N–H and O–H groups in total. The first-order valence-corrected chi connectivity index (χ1v) is 8.47. The Kier molecular flexibility index (Phi) is 3.94. The zero-order valence-corrected chi connectivity index (χ0v) is 14.1. The van der Waals surface area contributed by atoms with Gasteiger partial charge in [-0.2, -0.15) is 0 Å². The van der Waals surface area contributed by atoms with Crippen molar-refractivity contribution in [3.63, 3.8) is 0 Å². The Hall–Kier alpha value is -2.40. The lowest BCUT2D eigenvalue weighted by Crippen LogP contribution is -2.14. The lowest BCUT2D eigenvalue weighted by Gasteiger charge is -2.14. The molecule has 0 radical (unpaired) electrons. The summed E-state index contributed by atoms with van der Waals surface area (Å²) < 4.78 is 8.04. The summed E-state index contributed by atoms with van der Waals surface area (Å²) >= 11 is 0. The van der Waals surface area contributed by atoms with Crippen LogP contribution >= 0.6 is 0 Å². The third kappa shape index (κ3) is 2.76. The summed E-state index contributed by atoms with van der Waals surface area (Å²) in [6, 6.07) is 6.21. The monoisotopic (exact) mass is 322 g/mol. The molecule has 5 heteroatoms. The summed E-state index contributed by atoms with van der Waals surface area (Å²) in [7, 11) is 0. The van der Waals surface area contributed by atoms with Gasteiger partial charge >= 0.3 is 0 Å². The van der Waals surface area contributed by atoms with Crippen LogP contribution in [0.2, 0.25) is 0 Å². The van der Waals surface area contributed by atoms with Crippen LogP contribution in [0.5, 0.6) is 0 Å². The van der Waals surface area contributed by atoms with Crippen LogP contribution in [0.4, 0.5) is 11.5 Å². The van der Waals surface area contributed by atoms with E-state index in [1.54, 1.807) is 0 Å². The van der Waals surface area contributed by atoms with Gasteiger partial charge in [0.05, 0.1) is 23.0 Å². The fourth-order valence-corrected chi connectivity index (χ4v) is 3.39. The van der Waals surface area contributed by atoms with E-state index in [2.05, 4.69) is 45.1 Å².